The van der Waals surface area contributed by atoms with Crippen LogP contribution in [-0.4, -0.2) is 28.6 Å². The van der Waals surface area contributed by atoms with Gasteiger partial charge in [0.2, 0.25) is 0 Å². The number of rotatable bonds is 6. The van der Waals surface area contributed by atoms with Crippen molar-refractivity contribution in [2.45, 2.75) is 32.8 Å². The van der Waals surface area contributed by atoms with Gasteiger partial charge in [-0.15, -0.1) is 5.16 Å². The summed E-state index contributed by atoms with van der Waals surface area (Å²) < 4.78 is 5.43. The molecular weight excluding hydrogens is 234 g/mol. The Labute approximate surface area is 106 Å². The molecule has 0 amide bonds. The monoisotopic (exact) mass is 251 g/mol. The third-order valence-corrected chi connectivity index (χ3v) is 2.56. The largest absolute Gasteiger partial charge is 0.479 e. The highest BCUT2D eigenvalue weighted by Crippen LogP contribution is 2.21. The van der Waals surface area contributed by atoms with Gasteiger partial charge in [0.25, 0.3) is 0 Å². The Balaban J connectivity index is 2.81. The number of ether oxygens (including phenoxy) is 1. The van der Waals surface area contributed by atoms with E-state index in [2.05, 4.69) is 5.16 Å². The third-order valence-electron chi connectivity index (χ3n) is 2.56. The summed E-state index contributed by atoms with van der Waals surface area (Å²) >= 11 is 0. The van der Waals surface area contributed by atoms with Crippen LogP contribution in [0.15, 0.2) is 23.4 Å². The van der Waals surface area contributed by atoms with E-state index in [1.807, 2.05) is 19.1 Å². The molecule has 0 saturated heterocycles. The first-order chi connectivity index (χ1) is 8.58. The van der Waals surface area contributed by atoms with E-state index in [0.29, 0.717) is 18.6 Å². The molecule has 0 aliphatic rings. The third kappa shape index (κ3) is 3.76. The Morgan fingerprint density at radius 1 is 1.56 bits per heavy atom. The van der Waals surface area contributed by atoms with E-state index < -0.39 is 12.1 Å². The van der Waals surface area contributed by atoms with Crippen LogP contribution in [0.5, 0.6) is 5.75 Å². The Morgan fingerprint density at radius 3 is 2.78 bits per heavy atom. The smallest absolute Gasteiger partial charge is 0.344 e. The topological polar surface area (TPSA) is 79.1 Å². The van der Waals surface area contributed by atoms with E-state index in [0.717, 1.165) is 11.1 Å². The van der Waals surface area contributed by atoms with Crippen LogP contribution in [0.2, 0.25) is 0 Å². The van der Waals surface area contributed by atoms with Crippen LogP contribution in [0.4, 0.5) is 0 Å². The second-order valence-corrected chi connectivity index (χ2v) is 3.95. The minimum absolute atomic E-state index is 0.410. The van der Waals surface area contributed by atoms with Gasteiger partial charge in [-0.2, -0.15) is 0 Å². The van der Waals surface area contributed by atoms with Gasteiger partial charge in [-0.1, -0.05) is 19.1 Å². The molecule has 98 valence electrons. The van der Waals surface area contributed by atoms with E-state index >= 15 is 0 Å². The minimum atomic E-state index is -0.964. The summed E-state index contributed by atoms with van der Waals surface area (Å²) in [7, 11) is 0. The molecule has 1 unspecified atom stereocenters. The van der Waals surface area contributed by atoms with Gasteiger partial charge < -0.3 is 15.1 Å². The number of aryl methyl sites for hydroxylation is 1. The Hall–Kier alpha value is -2.04. The summed E-state index contributed by atoms with van der Waals surface area (Å²) in [6.45, 7) is 3.61. The second kappa shape index (κ2) is 6.64. The highest BCUT2D eigenvalue weighted by atomic mass is 16.5. The maximum absolute atomic E-state index is 10.9. The molecule has 0 radical (unpaired) electrons. The molecule has 0 bridgehead atoms. The van der Waals surface area contributed by atoms with E-state index in [-0.39, 0.29) is 0 Å². The standard InChI is InChI=1S/C13H17NO4/c1-3-11(13(15)16)18-12-5-4-10(6-7-14-17)8-9(12)2/h4-5,7-8,11,17H,3,6H2,1-2H3,(H,15,16). The maximum atomic E-state index is 10.9. The van der Waals surface area contributed by atoms with Gasteiger partial charge in [0, 0.05) is 12.6 Å². The molecule has 2 N–H and O–H groups in total. The quantitative estimate of drug-likeness (QED) is 0.461. The van der Waals surface area contributed by atoms with E-state index in [4.69, 9.17) is 15.1 Å². The zero-order valence-corrected chi connectivity index (χ0v) is 10.5. The Morgan fingerprint density at radius 2 is 2.28 bits per heavy atom. The number of benzene rings is 1. The first kappa shape index (κ1) is 14.0. The molecule has 18 heavy (non-hydrogen) atoms. The number of hydrogen-bond donors (Lipinski definition) is 2. The van der Waals surface area contributed by atoms with Crippen molar-refractivity contribution in [1.29, 1.82) is 0 Å². The molecule has 0 aromatic heterocycles. The summed E-state index contributed by atoms with van der Waals surface area (Å²) in [5.74, 6) is -0.401. The van der Waals surface area contributed by atoms with Crippen molar-refractivity contribution in [3.63, 3.8) is 0 Å². The van der Waals surface area contributed by atoms with Crippen LogP contribution >= 0.6 is 0 Å². The van der Waals surface area contributed by atoms with E-state index in [1.54, 1.807) is 13.0 Å². The zero-order valence-electron chi connectivity index (χ0n) is 10.5. The van der Waals surface area contributed by atoms with Gasteiger partial charge in [-0.05, 0) is 30.5 Å². The van der Waals surface area contributed by atoms with Gasteiger partial charge >= 0.3 is 5.97 Å². The van der Waals surface area contributed by atoms with Crippen molar-refractivity contribution < 1.29 is 19.8 Å². The number of carboxylic acid groups (broad SMARTS) is 1. The molecule has 0 spiro atoms. The number of nitrogens with zero attached hydrogens (tertiary/aromatic N) is 1. The fraction of sp³-hybridized carbons (Fsp3) is 0.385. The van der Waals surface area contributed by atoms with Crippen molar-refractivity contribution in [3.05, 3.63) is 29.3 Å². The second-order valence-electron chi connectivity index (χ2n) is 3.95. The average Bonchev–Trinajstić information content (AvgIpc) is 2.34. The van der Waals surface area contributed by atoms with Gasteiger partial charge in [0.05, 0.1) is 0 Å². The van der Waals surface area contributed by atoms with Crippen LogP contribution in [0.1, 0.15) is 24.5 Å². The first-order valence-electron chi connectivity index (χ1n) is 5.73. The van der Waals surface area contributed by atoms with Gasteiger partial charge in [0.15, 0.2) is 6.10 Å². The lowest BCUT2D eigenvalue weighted by molar-refractivity contribution is -0.145. The van der Waals surface area contributed by atoms with Crippen LogP contribution in [0.3, 0.4) is 0 Å². The number of carbonyl (C=O) groups is 1. The lowest BCUT2D eigenvalue weighted by Crippen LogP contribution is -2.26. The molecule has 1 rings (SSSR count). The molecule has 5 heteroatoms. The Bertz CT molecular complexity index is 443. The van der Waals surface area contributed by atoms with Gasteiger partial charge in [0.1, 0.15) is 5.75 Å². The highest BCUT2D eigenvalue weighted by Gasteiger charge is 2.17. The predicted octanol–water partition coefficient (Wildman–Crippen LogP) is 2.24. The fourth-order valence-corrected chi connectivity index (χ4v) is 1.58. The molecule has 1 aromatic carbocycles. The van der Waals surface area contributed by atoms with Gasteiger partial charge in [-0.3, -0.25) is 0 Å². The van der Waals surface area contributed by atoms with Crippen LogP contribution < -0.4 is 4.74 Å². The van der Waals surface area contributed by atoms with Crippen LogP contribution in [0, 0.1) is 6.92 Å². The maximum Gasteiger partial charge on any atom is 0.344 e. The molecule has 5 nitrogen and oxygen atoms in total. The molecule has 0 saturated carbocycles. The zero-order chi connectivity index (χ0) is 13.5. The molecule has 0 aliphatic heterocycles. The summed E-state index contributed by atoms with van der Waals surface area (Å²) in [5.41, 5.74) is 1.83. The van der Waals surface area contributed by atoms with Crippen molar-refractivity contribution in [2.75, 3.05) is 0 Å². The van der Waals surface area contributed by atoms with Crippen LogP contribution in [-0.2, 0) is 11.2 Å². The van der Waals surface area contributed by atoms with Crippen molar-refractivity contribution in [1.82, 2.24) is 0 Å². The predicted molar refractivity (Wildman–Crippen MR) is 67.5 cm³/mol. The molecule has 1 atom stereocenters. The van der Waals surface area contributed by atoms with E-state index in [1.165, 1.54) is 6.21 Å². The average molecular weight is 251 g/mol. The SMILES string of the molecule is CCC(Oc1ccc(CC=NO)cc1C)C(=O)O. The summed E-state index contributed by atoms with van der Waals surface area (Å²) in [4.78, 5) is 10.9. The number of hydrogen-bond acceptors (Lipinski definition) is 4. The van der Waals surface area contributed by atoms with Crippen molar-refractivity contribution >= 4 is 12.2 Å². The lowest BCUT2D eigenvalue weighted by atomic mass is 10.1. The lowest BCUT2D eigenvalue weighted by Gasteiger charge is -2.15. The van der Waals surface area contributed by atoms with Crippen molar-refractivity contribution in [2.24, 2.45) is 5.16 Å². The number of oxime groups is 1. The number of aliphatic carboxylic acids is 1. The summed E-state index contributed by atoms with van der Waals surface area (Å²) in [6.07, 6.45) is 1.50. The molecule has 0 heterocycles. The Kier molecular flexibility index (Phi) is 5.17. The molecule has 0 fully saturated rings. The minimum Gasteiger partial charge on any atom is -0.479 e. The van der Waals surface area contributed by atoms with Crippen molar-refractivity contribution in [3.8, 4) is 5.75 Å². The highest BCUT2D eigenvalue weighted by molar-refractivity contribution is 5.72. The van der Waals surface area contributed by atoms with Gasteiger partial charge in [-0.25, -0.2) is 4.79 Å². The molecule has 0 aliphatic carbocycles. The molecular formula is C13H17NO4. The fourth-order valence-electron chi connectivity index (χ4n) is 1.58. The first-order valence-corrected chi connectivity index (χ1v) is 5.73. The molecule has 1 aromatic rings. The number of carboxylic acids is 1. The van der Waals surface area contributed by atoms with Crippen LogP contribution in [0.25, 0.3) is 0 Å². The van der Waals surface area contributed by atoms with E-state index in [9.17, 15) is 4.79 Å². The summed E-state index contributed by atoms with van der Waals surface area (Å²) in [6, 6.07) is 5.44. The normalized spacial score (nSPS) is 12.6. The summed E-state index contributed by atoms with van der Waals surface area (Å²) in [5, 5.41) is 20.2.